The Balaban J connectivity index is 1.96. The number of hydrogen-bond acceptors (Lipinski definition) is 8. The quantitative estimate of drug-likeness (QED) is 0.572. The third kappa shape index (κ3) is 2.66. The van der Waals surface area contributed by atoms with Gasteiger partial charge >= 0.3 is 0 Å². The van der Waals surface area contributed by atoms with E-state index in [0.29, 0.717) is 0 Å². The highest BCUT2D eigenvalue weighted by atomic mass is 16.9. The third-order valence-electron chi connectivity index (χ3n) is 4.29. The molecule has 0 bridgehead atoms. The number of nitrogens with two attached hydrogens (primary N) is 2. The lowest BCUT2D eigenvalue weighted by atomic mass is 9.89. The van der Waals surface area contributed by atoms with Gasteiger partial charge in [-0.2, -0.15) is 0 Å². The van der Waals surface area contributed by atoms with E-state index in [-0.39, 0.29) is 12.7 Å². The molecule has 1 amide bonds. The van der Waals surface area contributed by atoms with Crippen LogP contribution in [-0.4, -0.2) is 65.4 Å². The van der Waals surface area contributed by atoms with Crippen LogP contribution in [0.3, 0.4) is 0 Å². The first-order valence-electron chi connectivity index (χ1n) is 7.58. The number of rotatable bonds is 3. The zero-order valence-electron chi connectivity index (χ0n) is 13.6. The summed E-state index contributed by atoms with van der Waals surface area (Å²) in [7, 11) is 0. The Bertz CT molecular complexity index is 511. The van der Waals surface area contributed by atoms with Gasteiger partial charge in [0.15, 0.2) is 11.6 Å². The summed E-state index contributed by atoms with van der Waals surface area (Å²) in [5.74, 6) is -4.40. The Kier molecular flexibility index (Phi) is 3.77. The number of fused-ring (bicyclic) bond motifs is 3. The van der Waals surface area contributed by atoms with Crippen LogP contribution in [0, 0.1) is 0 Å². The van der Waals surface area contributed by atoms with Crippen LogP contribution in [0.2, 0.25) is 0 Å². The van der Waals surface area contributed by atoms with Gasteiger partial charge in [-0.05, 0) is 27.7 Å². The number of carbonyl (C=O) groups is 1. The van der Waals surface area contributed by atoms with Crippen molar-refractivity contribution in [3.05, 3.63) is 0 Å². The fourth-order valence-corrected chi connectivity index (χ4v) is 3.44. The minimum atomic E-state index is -1.65. The maximum atomic E-state index is 11.4. The number of primary amides is 1. The summed E-state index contributed by atoms with van der Waals surface area (Å²) in [6.45, 7) is 7.01. The second-order valence-electron chi connectivity index (χ2n) is 7.08. The summed E-state index contributed by atoms with van der Waals surface area (Å²) < 4.78 is 29.2. The van der Waals surface area contributed by atoms with Gasteiger partial charge in [-0.3, -0.25) is 4.79 Å². The molecule has 3 rings (SSSR count). The van der Waals surface area contributed by atoms with Gasteiger partial charge in [-0.15, -0.1) is 0 Å². The highest BCUT2D eigenvalue weighted by Gasteiger charge is 2.69. The lowest BCUT2D eigenvalue weighted by Gasteiger charge is -2.44. The van der Waals surface area contributed by atoms with Crippen molar-refractivity contribution in [3.63, 3.8) is 0 Å². The molecule has 9 heteroatoms. The number of carbonyl (C=O) groups excluding carboxylic acids is 1. The number of hydrogen-bond donors (Lipinski definition) is 3. The van der Waals surface area contributed by atoms with Crippen LogP contribution in [0.4, 0.5) is 0 Å². The first-order valence-corrected chi connectivity index (χ1v) is 7.58. The molecule has 5 N–H and O–H groups in total. The van der Waals surface area contributed by atoms with Gasteiger partial charge in [0, 0.05) is 0 Å². The fourth-order valence-electron chi connectivity index (χ4n) is 3.44. The molecular formula is C14H24N2O7. The summed E-state index contributed by atoms with van der Waals surface area (Å²) in [5.41, 5.74) is 10.9. The van der Waals surface area contributed by atoms with Crippen LogP contribution >= 0.6 is 0 Å². The molecule has 0 unspecified atom stereocenters. The lowest BCUT2D eigenvalue weighted by molar-refractivity contribution is -0.319. The van der Waals surface area contributed by atoms with Gasteiger partial charge in [0.2, 0.25) is 11.7 Å². The summed E-state index contributed by atoms with van der Waals surface area (Å²) >= 11 is 0. The van der Waals surface area contributed by atoms with Crippen LogP contribution in [0.5, 0.6) is 0 Å². The van der Waals surface area contributed by atoms with E-state index < -0.39 is 47.6 Å². The van der Waals surface area contributed by atoms with Crippen molar-refractivity contribution in [3.8, 4) is 0 Å². The maximum absolute atomic E-state index is 11.4. The number of amides is 1. The Morgan fingerprint density at radius 3 is 2.43 bits per heavy atom. The zero-order valence-corrected chi connectivity index (χ0v) is 13.6. The molecule has 6 atom stereocenters. The molecule has 0 aromatic heterocycles. The molecule has 3 aliphatic rings. The van der Waals surface area contributed by atoms with Crippen LogP contribution in [0.1, 0.15) is 27.7 Å². The van der Waals surface area contributed by atoms with Crippen molar-refractivity contribution in [2.24, 2.45) is 11.5 Å². The van der Waals surface area contributed by atoms with E-state index in [1.165, 1.54) is 0 Å². The highest BCUT2D eigenvalue weighted by Crippen LogP contribution is 2.49. The largest absolute Gasteiger partial charge is 0.385 e. The second-order valence-corrected chi connectivity index (χ2v) is 7.08. The molecular weight excluding hydrogens is 308 g/mol. The van der Waals surface area contributed by atoms with E-state index in [1.807, 2.05) is 0 Å². The first-order chi connectivity index (χ1) is 10.5. The standard InChI is InChI=1S/C14H24N2O7/c1-12(2)20-6-5-19-14(9(17)7(15)11(16)18)10(8(6)21-12)22-13(3,4)23-14/h6-10,17H,5,15H2,1-4H3,(H2,16,18)/t6-,7+,8-,9-,10+,14+/m1/s1. The van der Waals surface area contributed by atoms with E-state index >= 15 is 0 Å². The number of aliphatic hydroxyl groups is 1. The molecule has 0 radical (unpaired) electrons. The molecule has 23 heavy (non-hydrogen) atoms. The van der Waals surface area contributed by atoms with Crippen molar-refractivity contribution >= 4 is 5.91 Å². The van der Waals surface area contributed by atoms with Crippen molar-refractivity contribution in [1.82, 2.24) is 0 Å². The predicted octanol–water partition coefficient (Wildman–Crippen LogP) is -1.44. The first kappa shape index (κ1) is 17.0. The fraction of sp³-hybridized carbons (Fsp3) is 0.929. The van der Waals surface area contributed by atoms with Gasteiger partial charge in [-0.1, -0.05) is 0 Å². The molecule has 3 heterocycles. The maximum Gasteiger partial charge on any atom is 0.237 e. The summed E-state index contributed by atoms with van der Waals surface area (Å²) in [4.78, 5) is 11.4. The number of ether oxygens (including phenoxy) is 5. The van der Waals surface area contributed by atoms with E-state index in [0.717, 1.165) is 0 Å². The molecule has 0 aromatic carbocycles. The molecule has 0 aliphatic carbocycles. The van der Waals surface area contributed by atoms with E-state index in [2.05, 4.69) is 0 Å². The SMILES string of the molecule is CC1(C)O[C@@H]2[C@@H](CO[C@@]3([C@H](O)[C@H](N)C(N)=O)OC(C)(C)O[C@@H]23)O1. The van der Waals surface area contributed by atoms with Gasteiger partial charge in [-0.25, -0.2) is 0 Å². The van der Waals surface area contributed by atoms with Crippen molar-refractivity contribution in [2.45, 2.75) is 75.5 Å². The van der Waals surface area contributed by atoms with Crippen LogP contribution in [0.25, 0.3) is 0 Å². The minimum absolute atomic E-state index is 0.104. The summed E-state index contributed by atoms with van der Waals surface area (Å²) in [6.07, 6.45) is -3.24. The van der Waals surface area contributed by atoms with Crippen LogP contribution < -0.4 is 11.5 Å². The monoisotopic (exact) mass is 332 g/mol. The van der Waals surface area contributed by atoms with E-state index in [4.69, 9.17) is 35.2 Å². The van der Waals surface area contributed by atoms with Crippen LogP contribution in [0.15, 0.2) is 0 Å². The van der Waals surface area contributed by atoms with Gasteiger partial charge in [0.25, 0.3) is 0 Å². The smallest absolute Gasteiger partial charge is 0.237 e. The molecule has 9 nitrogen and oxygen atoms in total. The van der Waals surface area contributed by atoms with Gasteiger partial charge in [0.05, 0.1) is 6.61 Å². The Morgan fingerprint density at radius 2 is 1.83 bits per heavy atom. The van der Waals surface area contributed by atoms with E-state index in [9.17, 15) is 9.90 Å². The minimum Gasteiger partial charge on any atom is -0.385 e. The normalized spacial score (nSPS) is 43.5. The molecule has 0 spiro atoms. The van der Waals surface area contributed by atoms with Crippen LogP contribution in [-0.2, 0) is 28.5 Å². The van der Waals surface area contributed by atoms with Crippen molar-refractivity contribution in [1.29, 1.82) is 0 Å². The Hall–Kier alpha value is -0.810. The molecule has 3 saturated heterocycles. The molecule has 3 aliphatic heterocycles. The average Bonchev–Trinajstić information content (AvgIpc) is 2.88. The molecule has 0 saturated carbocycles. The van der Waals surface area contributed by atoms with E-state index in [1.54, 1.807) is 27.7 Å². The lowest BCUT2D eigenvalue weighted by Crippen LogP contribution is -2.68. The highest BCUT2D eigenvalue weighted by molar-refractivity contribution is 5.80. The Labute approximate surface area is 134 Å². The predicted molar refractivity (Wildman–Crippen MR) is 75.7 cm³/mol. The molecule has 132 valence electrons. The molecule has 3 fully saturated rings. The third-order valence-corrected chi connectivity index (χ3v) is 4.29. The second kappa shape index (κ2) is 5.09. The van der Waals surface area contributed by atoms with Gasteiger partial charge in [0.1, 0.15) is 30.5 Å². The zero-order chi connectivity index (χ0) is 17.2. The number of aliphatic hydroxyl groups excluding tert-OH is 1. The molecule has 0 aromatic rings. The average molecular weight is 332 g/mol. The van der Waals surface area contributed by atoms with Crippen molar-refractivity contribution < 1.29 is 33.6 Å². The topological polar surface area (TPSA) is 135 Å². The summed E-state index contributed by atoms with van der Waals surface area (Å²) in [5, 5.41) is 10.6. The summed E-state index contributed by atoms with van der Waals surface area (Å²) in [6, 6.07) is -1.37. The van der Waals surface area contributed by atoms with Crippen molar-refractivity contribution in [2.75, 3.05) is 6.61 Å². The Morgan fingerprint density at radius 1 is 1.17 bits per heavy atom. The van der Waals surface area contributed by atoms with Gasteiger partial charge < -0.3 is 40.3 Å².